The van der Waals surface area contributed by atoms with Crippen LogP contribution in [0.3, 0.4) is 0 Å². The van der Waals surface area contributed by atoms with Gasteiger partial charge in [-0.05, 0) is 58.3 Å². The predicted molar refractivity (Wildman–Crippen MR) is 123 cm³/mol. The molecule has 0 amide bonds. The smallest absolute Gasteiger partial charge is 0.325 e. The molecule has 4 aromatic rings. The highest BCUT2D eigenvalue weighted by Gasteiger charge is 2.26. The van der Waals surface area contributed by atoms with Crippen molar-refractivity contribution >= 4 is 51.8 Å². The lowest BCUT2D eigenvalue weighted by Crippen LogP contribution is -2.28. The van der Waals surface area contributed by atoms with Crippen LogP contribution in [0.4, 0.5) is 11.4 Å². The molecule has 2 aromatic carbocycles. The van der Waals surface area contributed by atoms with Crippen molar-refractivity contribution in [1.82, 2.24) is 0 Å². The van der Waals surface area contributed by atoms with Crippen LogP contribution in [0.5, 0.6) is 0 Å². The lowest BCUT2D eigenvalue weighted by atomic mass is 10.1. The summed E-state index contributed by atoms with van der Waals surface area (Å²) in [4.78, 5) is 19.0. The molecule has 3 heterocycles. The van der Waals surface area contributed by atoms with Crippen molar-refractivity contribution in [3.8, 4) is 20.9 Å². The standard InChI is InChI=1S/C23H17NO2S3/c1-26-23(25)14-24-17-8-6-15(19-4-2-10-27-19)12-21(17)29-22-13-16(7-9-18(22)24)20-5-3-11-28-20/h2-13H,14H2,1H3. The van der Waals surface area contributed by atoms with Gasteiger partial charge in [-0.25, -0.2) is 0 Å². The molecular formula is C23H17NO2S3. The topological polar surface area (TPSA) is 29.5 Å². The van der Waals surface area contributed by atoms with E-state index in [0.717, 1.165) is 21.2 Å². The Balaban J connectivity index is 1.61. The average Bonchev–Trinajstić information content (AvgIpc) is 3.46. The van der Waals surface area contributed by atoms with Gasteiger partial charge in [0, 0.05) is 19.5 Å². The van der Waals surface area contributed by atoms with Crippen LogP contribution < -0.4 is 4.90 Å². The molecule has 6 heteroatoms. The summed E-state index contributed by atoms with van der Waals surface area (Å²) in [6, 6.07) is 21.3. The van der Waals surface area contributed by atoms with Crippen molar-refractivity contribution in [3.05, 3.63) is 71.4 Å². The zero-order chi connectivity index (χ0) is 19.8. The summed E-state index contributed by atoms with van der Waals surface area (Å²) in [5.41, 5.74) is 4.47. The Morgan fingerprint density at radius 2 is 1.41 bits per heavy atom. The van der Waals surface area contributed by atoms with E-state index in [-0.39, 0.29) is 12.5 Å². The summed E-state index contributed by atoms with van der Waals surface area (Å²) in [7, 11) is 1.43. The van der Waals surface area contributed by atoms with Crippen molar-refractivity contribution in [2.75, 3.05) is 18.6 Å². The summed E-state index contributed by atoms with van der Waals surface area (Å²) in [6.45, 7) is 0.188. The maximum atomic E-state index is 12.1. The van der Waals surface area contributed by atoms with Crippen LogP contribution in [0.25, 0.3) is 20.9 Å². The zero-order valence-electron chi connectivity index (χ0n) is 15.6. The van der Waals surface area contributed by atoms with Crippen molar-refractivity contribution in [2.45, 2.75) is 9.79 Å². The molecule has 2 aromatic heterocycles. The van der Waals surface area contributed by atoms with Gasteiger partial charge in [-0.15, -0.1) is 22.7 Å². The van der Waals surface area contributed by atoms with Gasteiger partial charge < -0.3 is 9.64 Å². The number of carbonyl (C=O) groups excluding carboxylic acids is 1. The Labute approximate surface area is 181 Å². The molecule has 0 atom stereocenters. The second kappa shape index (κ2) is 7.71. The minimum Gasteiger partial charge on any atom is -0.468 e. The summed E-state index contributed by atoms with van der Waals surface area (Å²) in [6.07, 6.45) is 0. The minimum absolute atomic E-state index is 0.188. The van der Waals surface area contributed by atoms with Crippen LogP contribution in [0.2, 0.25) is 0 Å². The number of methoxy groups -OCH3 is 1. The van der Waals surface area contributed by atoms with Gasteiger partial charge in [0.1, 0.15) is 6.54 Å². The number of thiophene rings is 2. The number of benzene rings is 2. The molecule has 1 aliphatic rings. The first-order valence-corrected chi connectivity index (χ1v) is 11.7. The number of fused-ring (bicyclic) bond motifs is 2. The number of nitrogens with zero attached hydrogens (tertiary/aromatic N) is 1. The van der Waals surface area contributed by atoms with Crippen LogP contribution in [0, 0.1) is 0 Å². The van der Waals surface area contributed by atoms with Crippen molar-refractivity contribution in [2.24, 2.45) is 0 Å². The van der Waals surface area contributed by atoms with E-state index in [4.69, 9.17) is 4.74 Å². The lowest BCUT2D eigenvalue weighted by molar-refractivity contribution is -0.138. The van der Waals surface area contributed by atoms with Gasteiger partial charge >= 0.3 is 5.97 Å². The number of rotatable bonds is 4. The molecule has 0 unspecified atom stereocenters. The quantitative estimate of drug-likeness (QED) is 0.325. The van der Waals surface area contributed by atoms with Gasteiger partial charge in [-0.3, -0.25) is 4.79 Å². The van der Waals surface area contributed by atoms with Crippen molar-refractivity contribution in [3.63, 3.8) is 0 Å². The molecule has 0 fully saturated rings. The Morgan fingerprint density at radius 1 is 0.862 bits per heavy atom. The molecule has 0 saturated heterocycles. The Hall–Kier alpha value is -2.54. The van der Waals surface area contributed by atoms with Crippen LogP contribution in [0.1, 0.15) is 0 Å². The fourth-order valence-electron chi connectivity index (χ4n) is 3.44. The van der Waals surface area contributed by atoms with Crippen LogP contribution in [0.15, 0.2) is 81.2 Å². The highest BCUT2D eigenvalue weighted by Crippen LogP contribution is 2.50. The number of hydrogen-bond donors (Lipinski definition) is 0. The first-order chi connectivity index (χ1) is 14.2. The summed E-state index contributed by atoms with van der Waals surface area (Å²) in [5, 5.41) is 4.18. The molecule has 0 N–H and O–H groups in total. The number of hydrogen-bond acceptors (Lipinski definition) is 6. The van der Waals surface area contributed by atoms with E-state index in [1.165, 1.54) is 28.0 Å². The van der Waals surface area contributed by atoms with E-state index >= 15 is 0 Å². The molecule has 5 rings (SSSR count). The third kappa shape index (κ3) is 3.48. The largest absolute Gasteiger partial charge is 0.468 e. The van der Waals surface area contributed by atoms with Crippen LogP contribution in [-0.4, -0.2) is 19.6 Å². The van der Waals surface area contributed by atoms with Crippen molar-refractivity contribution in [1.29, 1.82) is 0 Å². The van der Waals surface area contributed by atoms with Gasteiger partial charge in [-0.1, -0.05) is 36.0 Å². The fourth-order valence-corrected chi connectivity index (χ4v) is 6.06. The van der Waals surface area contributed by atoms with E-state index in [0.29, 0.717) is 0 Å². The zero-order valence-corrected chi connectivity index (χ0v) is 18.1. The number of ether oxygens (including phenoxy) is 1. The summed E-state index contributed by atoms with van der Waals surface area (Å²) >= 11 is 5.22. The molecule has 1 aliphatic heterocycles. The monoisotopic (exact) mass is 435 g/mol. The Bertz CT molecular complexity index is 1080. The average molecular weight is 436 g/mol. The SMILES string of the molecule is COC(=O)CN1c2ccc(-c3cccs3)cc2Sc2cc(-c3cccs3)ccc21. The normalized spacial score (nSPS) is 12.4. The van der Waals surface area contributed by atoms with Crippen LogP contribution in [-0.2, 0) is 9.53 Å². The van der Waals surface area contributed by atoms with E-state index in [2.05, 4.69) is 76.3 Å². The second-order valence-corrected chi connectivity index (χ2v) is 9.56. The molecule has 0 radical (unpaired) electrons. The Morgan fingerprint density at radius 3 is 1.86 bits per heavy atom. The highest BCUT2D eigenvalue weighted by molar-refractivity contribution is 7.99. The van der Waals surface area contributed by atoms with Crippen LogP contribution >= 0.6 is 34.4 Å². The van der Waals surface area contributed by atoms with E-state index < -0.39 is 0 Å². The minimum atomic E-state index is -0.251. The molecule has 0 spiro atoms. The van der Waals surface area contributed by atoms with Gasteiger partial charge in [0.25, 0.3) is 0 Å². The predicted octanol–water partition coefficient (Wildman–Crippen LogP) is 6.92. The van der Waals surface area contributed by atoms with Gasteiger partial charge in [0.05, 0.1) is 18.5 Å². The Kier molecular flexibility index (Phi) is 4.91. The summed E-state index contributed by atoms with van der Waals surface area (Å²) < 4.78 is 4.96. The van der Waals surface area contributed by atoms with E-state index in [9.17, 15) is 4.79 Å². The number of anilines is 2. The molecular weight excluding hydrogens is 418 g/mol. The first kappa shape index (κ1) is 18.5. The van der Waals surface area contributed by atoms with Gasteiger partial charge in [0.2, 0.25) is 0 Å². The third-order valence-electron chi connectivity index (χ3n) is 4.85. The maximum Gasteiger partial charge on any atom is 0.325 e. The second-order valence-electron chi connectivity index (χ2n) is 6.58. The van der Waals surface area contributed by atoms with Crippen molar-refractivity contribution < 1.29 is 9.53 Å². The van der Waals surface area contributed by atoms with Gasteiger partial charge in [-0.2, -0.15) is 0 Å². The molecule has 29 heavy (non-hydrogen) atoms. The van der Waals surface area contributed by atoms with E-state index in [1.807, 2.05) is 0 Å². The molecule has 0 aliphatic carbocycles. The maximum absolute atomic E-state index is 12.1. The third-order valence-corrected chi connectivity index (χ3v) is 7.78. The molecule has 3 nitrogen and oxygen atoms in total. The molecule has 144 valence electrons. The number of carbonyl (C=O) groups is 1. The fraction of sp³-hybridized carbons (Fsp3) is 0.0870. The summed E-state index contributed by atoms with van der Waals surface area (Å²) in [5.74, 6) is -0.251. The van der Waals surface area contributed by atoms with Gasteiger partial charge in [0.15, 0.2) is 0 Å². The highest BCUT2D eigenvalue weighted by atomic mass is 32.2. The molecule has 0 bridgehead atoms. The lowest BCUT2D eigenvalue weighted by Gasteiger charge is -2.32. The molecule has 0 saturated carbocycles. The number of esters is 1. The van der Waals surface area contributed by atoms with E-state index in [1.54, 1.807) is 34.4 Å². The first-order valence-electron chi connectivity index (χ1n) is 9.11.